The summed E-state index contributed by atoms with van der Waals surface area (Å²) in [7, 11) is 1.43. The minimum Gasteiger partial charge on any atom is -0.496 e. The number of methoxy groups -OCH3 is 1. The highest BCUT2D eigenvalue weighted by molar-refractivity contribution is 5.81. The van der Waals surface area contributed by atoms with Crippen molar-refractivity contribution in [2.75, 3.05) is 7.11 Å². The van der Waals surface area contributed by atoms with Crippen LogP contribution >= 0.6 is 0 Å². The summed E-state index contributed by atoms with van der Waals surface area (Å²) in [4.78, 5) is 28.9. The van der Waals surface area contributed by atoms with Crippen molar-refractivity contribution in [2.45, 2.75) is 19.9 Å². The summed E-state index contributed by atoms with van der Waals surface area (Å²) >= 11 is 0. The van der Waals surface area contributed by atoms with E-state index in [1.54, 1.807) is 35.8 Å². The van der Waals surface area contributed by atoms with E-state index >= 15 is 0 Å². The zero-order chi connectivity index (χ0) is 21.3. The highest BCUT2D eigenvalue weighted by Gasteiger charge is 2.16. The van der Waals surface area contributed by atoms with Gasteiger partial charge in [0.05, 0.1) is 18.4 Å². The number of carbonyl (C=O) groups is 1. The lowest BCUT2D eigenvalue weighted by atomic mass is 10.1. The van der Waals surface area contributed by atoms with Gasteiger partial charge in [0.15, 0.2) is 11.4 Å². The normalized spacial score (nSPS) is 11.0. The van der Waals surface area contributed by atoms with Crippen molar-refractivity contribution in [3.05, 3.63) is 76.2 Å². The predicted octanol–water partition coefficient (Wildman–Crippen LogP) is 2.22. The maximum atomic E-state index is 14.6. The molecule has 9 heteroatoms. The molecule has 0 radical (unpaired) electrons. The first-order chi connectivity index (χ1) is 14.4. The van der Waals surface area contributed by atoms with Gasteiger partial charge in [0, 0.05) is 18.7 Å². The SMILES string of the molecule is COc1cc(C)cc(F)c1-c1ccc(=O)n(CC(=O)Cc2ccn3ncnc3c2)n1. The van der Waals surface area contributed by atoms with E-state index in [4.69, 9.17) is 4.74 Å². The van der Waals surface area contributed by atoms with Crippen molar-refractivity contribution in [2.24, 2.45) is 0 Å². The number of hydrogen-bond donors (Lipinski definition) is 0. The third-order valence-corrected chi connectivity index (χ3v) is 4.61. The summed E-state index contributed by atoms with van der Waals surface area (Å²) in [5.41, 5.74) is 1.96. The Balaban J connectivity index is 1.61. The maximum absolute atomic E-state index is 14.6. The number of carbonyl (C=O) groups excluding carboxylic acids is 1. The number of fused-ring (bicyclic) bond motifs is 1. The molecule has 1 aromatic carbocycles. The van der Waals surface area contributed by atoms with Gasteiger partial charge in [-0.15, -0.1) is 0 Å². The molecular formula is C21H18FN5O3. The molecule has 0 N–H and O–H groups in total. The molecule has 0 aliphatic rings. The number of aromatic nitrogens is 5. The number of aryl methyl sites for hydroxylation is 1. The molecule has 0 amide bonds. The van der Waals surface area contributed by atoms with Gasteiger partial charge in [0.1, 0.15) is 24.4 Å². The van der Waals surface area contributed by atoms with Gasteiger partial charge in [-0.2, -0.15) is 10.2 Å². The van der Waals surface area contributed by atoms with Crippen molar-refractivity contribution < 1.29 is 13.9 Å². The fourth-order valence-electron chi connectivity index (χ4n) is 3.23. The van der Waals surface area contributed by atoms with E-state index in [-0.39, 0.29) is 30.0 Å². The van der Waals surface area contributed by atoms with Crippen LogP contribution in [0.25, 0.3) is 16.9 Å². The summed E-state index contributed by atoms with van der Waals surface area (Å²) in [6.45, 7) is 1.51. The minimum absolute atomic E-state index is 0.101. The average Bonchev–Trinajstić information content (AvgIpc) is 3.17. The fraction of sp³-hybridized carbons (Fsp3) is 0.190. The molecule has 30 heavy (non-hydrogen) atoms. The van der Waals surface area contributed by atoms with E-state index in [1.807, 2.05) is 0 Å². The van der Waals surface area contributed by atoms with Crippen LogP contribution in [-0.4, -0.2) is 37.3 Å². The van der Waals surface area contributed by atoms with Crippen molar-refractivity contribution in [3.63, 3.8) is 0 Å². The largest absolute Gasteiger partial charge is 0.496 e. The van der Waals surface area contributed by atoms with Crippen LogP contribution in [-0.2, 0) is 17.8 Å². The molecule has 152 valence electrons. The second kappa shape index (κ2) is 7.86. The van der Waals surface area contributed by atoms with Crippen LogP contribution in [0.5, 0.6) is 5.75 Å². The Morgan fingerprint density at radius 2 is 2.03 bits per heavy atom. The number of halogens is 1. The molecule has 3 aromatic heterocycles. The number of rotatable bonds is 6. The van der Waals surface area contributed by atoms with Crippen LogP contribution in [0.4, 0.5) is 4.39 Å². The van der Waals surface area contributed by atoms with Crippen LogP contribution in [0.2, 0.25) is 0 Å². The van der Waals surface area contributed by atoms with Crippen molar-refractivity contribution >= 4 is 11.4 Å². The quantitative estimate of drug-likeness (QED) is 0.487. The number of ketones is 1. The van der Waals surface area contributed by atoms with Crippen molar-refractivity contribution in [1.82, 2.24) is 24.4 Å². The van der Waals surface area contributed by atoms with Crippen molar-refractivity contribution in [3.8, 4) is 17.0 Å². The standard InChI is InChI=1S/C21H18FN5O3/c1-13-7-16(22)21(18(8-13)30-2)17-3-4-20(29)27(25-17)11-15(28)9-14-5-6-26-19(10-14)23-12-24-26/h3-8,10,12H,9,11H2,1-2H3. The third kappa shape index (κ3) is 3.82. The Morgan fingerprint density at radius 3 is 2.83 bits per heavy atom. The van der Waals surface area contributed by atoms with Gasteiger partial charge in [0.2, 0.25) is 0 Å². The van der Waals surface area contributed by atoms with Crippen LogP contribution in [0, 0.1) is 12.7 Å². The Labute approximate surface area is 170 Å². The Hall–Kier alpha value is -3.88. The third-order valence-electron chi connectivity index (χ3n) is 4.61. The first kappa shape index (κ1) is 19.4. The Bertz CT molecular complexity index is 1310. The summed E-state index contributed by atoms with van der Waals surface area (Å²) < 4.78 is 22.5. The number of Topliss-reactive ketones (excluding diaryl/α,β-unsaturated/α-hetero) is 1. The molecule has 4 rings (SSSR count). The summed E-state index contributed by atoms with van der Waals surface area (Å²) in [6, 6.07) is 9.24. The molecule has 4 aromatic rings. The molecule has 0 bridgehead atoms. The zero-order valence-corrected chi connectivity index (χ0v) is 16.4. The lowest BCUT2D eigenvalue weighted by Crippen LogP contribution is -2.27. The summed E-state index contributed by atoms with van der Waals surface area (Å²) in [5.74, 6) is -0.433. The van der Waals surface area contributed by atoms with Crippen LogP contribution in [0.15, 0.2) is 53.7 Å². The van der Waals surface area contributed by atoms with Crippen molar-refractivity contribution in [1.29, 1.82) is 0 Å². The molecule has 3 heterocycles. The van der Waals surface area contributed by atoms with Gasteiger partial charge in [-0.05, 0) is 48.4 Å². The molecule has 0 aliphatic carbocycles. The highest BCUT2D eigenvalue weighted by Crippen LogP contribution is 2.32. The molecular weight excluding hydrogens is 389 g/mol. The summed E-state index contributed by atoms with van der Waals surface area (Å²) in [5, 5.41) is 8.21. The molecule has 8 nitrogen and oxygen atoms in total. The average molecular weight is 407 g/mol. The minimum atomic E-state index is -0.516. The van der Waals surface area contributed by atoms with Crippen LogP contribution in [0.1, 0.15) is 11.1 Å². The topological polar surface area (TPSA) is 91.4 Å². The predicted molar refractivity (Wildman–Crippen MR) is 107 cm³/mol. The second-order valence-corrected chi connectivity index (χ2v) is 6.85. The second-order valence-electron chi connectivity index (χ2n) is 6.85. The monoisotopic (exact) mass is 407 g/mol. The van der Waals surface area contributed by atoms with Crippen LogP contribution in [0.3, 0.4) is 0 Å². The number of hydrogen-bond acceptors (Lipinski definition) is 6. The van der Waals surface area contributed by atoms with Gasteiger partial charge in [-0.3, -0.25) is 9.59 Å². The first-order valence-electron chi connectivity index (χ1n) is 9.17. The number of pyridine rings is 1. The van der Waals surface area contributed by atoms with E-state index in [2.05, 4.69) is 15.2 Å². The van der Waals surface area contributed by atoms with Gasteiger partial charge >= 0.3 is 0 Å². The van der Waals surface area contributed by atoms with Crippen LogP contribution < -0.4 is 10.3 Å². The molecule has 0 aliphatic heterocycles. The maximum Gasteiger partial charge on any atom is 0.267 e. The smallest absolute Gasteiger partial charge is 0.267 e. The number of nitrogens with zero attached hydrogens (tertiary/aromatic N) is 5. The molecule has 0 unspecified atom stereocenters. The van der Waals surface area contributed by atoms with E-state index < -0.39 is 11.4 Å². The molecule has 0 fully saturated rings. The lowest BCUT2D eigenvalue weighted by molar-refractivity contribution is -0.119. The lowest BCUT2D eigenvalue weighted by Gasteiger charge is -2.12. The van der Waals surface area contributed by atoms with Gasteiger partial charge in [-0.1, -0.05) is 0 Å². The van der Waals surface area contributed by atoms with E-state index in [9.17, 15) is 14.0 Å². The first-order valence-corrected chi connectivity index (χ1v) is 9.17. The van der Waals surface area contributed by atoms with Gasteiger partial charge < -0.3 is 4.74 Å². The van der Waals surface area contributed by atoms with Gasteiger partial charge in [0.25, 0.3) is 5.56 Å². The molecule has 0 saturated carbocycles. The van der Waals surface area contributed by atoms with Gasteiger partial charge in [-0.25, -0.2) is 18.6 Å². The summed E-state index contributed by atoms with van der Waals surface area (Å²) in [6.07, 6.45) is 3.24. The highest BCUT2D eigenvalue weighted by atomic mass is 19.1. The molecule has 0 atom stereocenters. The molecule has 0 spiro atoms. The van der Waals surface area contributed by atoms with E-state index in [0.29, 0.717) is 17.0 Å². The number of benzene rings is 1. The number of ether oxygens (including phenoxy) is 1. The van der Waals surface area contributed by atoms with E-state index in [1.165, 1.54) is 31.6 Å². The fourth-order valence-corrected chi connectivity index (χ4v) is 3.23. The Morgan fingerprint density at radius 1 is 1.20 bits per heavy atom. The van der Waals surface area contributed by atoms with E-state index in [0.717, 1.165) is 10.2 Å². The zero-order valence-electron chi connectivity index (χ0n) is 16.4. The Kier molecular flexibility index (Phi) is 5.09. The molecule has 0 saturated heterocycles.